The molecule has 1 amide bonds. The Labute approximate surface area is 97.3 Å². The van der Waals surface area contributed by atoms with Crippen molar-refractivity contribution < 1.29 is 9.42 Å². The molecule has 1 aromatic carbocycles. The van der Waals surface area contributed by atoms with Gasteiger partial charge in [0.1, 0.15) is 0 Å². The van der Waals surface area contributed by atoms with Crippen LogP contribution < -0.4 is 16.4 Å². The van der Waals surface area contributed by atoms with E-state index in [0.717, 1.165) is 5.69 Å². The highest BCUT2D eigenvalue weighted by molar-refractivity contribution is 5.94. The highest BCUT2D eigenvalue weighted by atomic mass is 16.6. The van der Waals surface area contributed by atoms with Crippen molar-refractivity contribution in [2.45, 2.75) is 6.92 Å². The standard InChI is InChI=1S/C10H13N5O2/c1-6(16)12-4-5-13-8-3-2-7(11)9-10(8)15-17-14-9/h2-3,13H,4-5,11H2,1H3,(H,12,16). The van der Waals surface area contributed by atoms with Crippen molar-refractivity contribution in [3.63, 3.8) is 0 Å². The topological polar surface area (TPSA) is 106 Å². The zero-order chi connectivity index (χ0) is 12.3. The summed E-state index contributed by atoms with van der Waals surface area (Å²) in [6.45, 7) is 2.60. The van der Waals surface area contributed by atoms with Crippen LogP contribution in [0.2, 0.25) is 0 Å². The molecule has 17 heavy (non-hydrogen) atoms. The maximum absolute atomic E-state index is 10.7. The van der Waals surface area contributed by atoms with Crippen molar-refractivity contribution in [1.29, 1.82) is 0 Å². The maximum Gasteiger partial charge on any atom is 0.216 e. The van der Waals surface area contributed by atoms with Crippen LogP contribution in [0.5, 0.6) is 0 Å². The summed E-state index contributed by atoms with van der Waals surface area (Å²) in [5.74, 6) is -0.0580. The molecular weight excluding hydrogens is 222 g/mol. The second kappa shape index (κ2) is 4.69. The predicted molar refractivity (Wildman–Crippen MR) is 63.4 cm³/mol. The van der Waals surface area contributed by atoms with Gasteiger partial charge in [-0.2, -0.15) is 0 Å². The molecule has 0 atom stereocenters. The lowest BCUT2D eigenvalue weighted by atomic mass is 10.2. The average molecular weight is 235 g/mol. The molecule has 0 aliphatic heterocycles. The van der Waals surface area contributed by atoms with Gasteiger partial charge in [0.15, 0.2) is 11.0 Å². The number of fused-ring (bicyclic) bond motifs is 1. The molecular formula is C10H13N5O2. The first-order valence-electron chi connectivity index (χ1n) is 5.17. The number of nitrogens with zero attached hydrogens (tertiary/aromatic N) is 2. The first kappa shape index (κ1) is 11.2. The van der Waals surface area contributed by atoms with Crippen LogP contribution in [0.25, 0.3) is 11.0 Å². The molecule has 4 N–H and O–H groups in total. The molecule has 0 saturated carbocycles. The molecule has 7 heteroatoms. The van der Waals surface area contributed by atoms with Crippen LogP contribution in [0.15, 0.2) is 16.8 Å². The van der Waals surface area contributed by atoms with Crippen molar-refractivity contribution in [1.82, 2.24) is 15.6 Å². The number of carbonyl (C=O) groups is 1. The van der Waals surface area contributed by atoms with E-state index in [1.54, 1.807) is 12.1 Å². The van der Waals surface area contributed by atoms with Crippen LogP contribution in [-0.4, -0.2) is 29.3 Å². The number of hydrogen-bond acceptors (Lipinski definition) is 6. The van der Waals surface area contributed by atoms with Crippen molar-refractivity contribution in [2.75, 3.05) is 24.1 Å². The first-order valence-corrected chi connectivity index (χ1v) is 5.17. The number of nitrogen functional groups attached to an aromatic ring is 1. The normalized spacial score (nSPS) is 10.4. The van der Waals surface area contributed by atoms with Gasteiger partial charge in [0.25, 0.3) is 0 Å². The Morgan fingerprint density at radius 1 is 1.35 bits per heavy atom. The van der Waals surface area contributed by atoms with Gasteiger partial charge in [-0.05, 0) is 22.4 Å². The Bertz CT molecular complexity index is 536. The number of hydrogen-bond donors (Lipinski definition) is 3. The van der Waals surface area contributed by atoms with E-state index in [4.69, 9.17) is 5.73 Å². The number of rotatable bonds is 4. The Balaban J connectivity index is 2.06. The molecule has 1 aromatic heterocycles. The molecule has 0 aliphatic carbocycles. The number of amides is 1. The summed E-state index contributed by atoms with van der Waals surface area (Å²) in [7, 11) is 0. The number of benzene rings is 1. The van der Waals surface area contributed by atoms with Crippen molar-refractivity contribution in [3.05, 3.63) is 12.1 Å². The molecule has 0 saturated heterocycles. The Hall–Kier alpha value is -2.31. The number of nitrogens with two attached hydrogens (primary N) is 1. The van der Waals surface area contributed by atoms with Crippen LogP contribution >= 0.6 is 0 Å². The third-order valence-corrected chi connectivity index (χ3v) is 2.26. The van der Waals surface area contributed by atoms with Gasteiger partial charge in [-0.1, -0.05) is 0 Å². The molecule has 0 spiro atoms. The van der Waals surface area contributed by atoms with E-state index >= 15 is 0 Å². The third-order valence-electron chi connectivity index (χ3n) is 2.26. The summed E-state index contributed by atoms with van der Waals surface area (Å²) in [6, 6.07) is 3.53. The highest BCUT2D eigenvalue weighted by Crippen LogP contribution is 2.24. The van der Waals surface area contributed by atoms with Gasteiger partial charge >= 0.3 is 0 Å². The minimum atomic E-state index is -0.0580. The molecule has 0 unspecified atom stereocenters. The van der Waals surface area contributed by atoms with Crippen LogP contribution in [0.4, 0.5) is 11.4 Å². The molecule has 0 radical (unpaired) electrons. The number of carbonyl (C=O) groups excluding carboxylic acids is 1. The van der Waals surface area contributed by atoms with Crippen LogP contribution in [0.1, 0.15) is 6.92 Å². The quantitative estimate of drug-likeness (QED) is 0.521. The van der Waals surface area contributed by atoms with E-state index in [-0.39, 0.29) is 5.91 Å². The van der Waals surface area contributed by atoms with E-state index in [1.165, 1.54) is 6.92 Å². The van der Waals surface area contributed by atoms with E-state index in [1.807, 2.05) is 0 Å². The van der Waals surface area contributed by atoms with E-state index in [9.17, 15) is 4.79 Å². The monoisotopic (exact) mass is 235 g/mol. The fourth-order valence-corrected chi connectivity index (χ4v) is 1.46. The second-order valence-corrected chi connectivity index (χ2v) is 3.57. The van der Waals surface area contributed by atoms with Crippen molar-refractivity contribution in [3.8, 4) is 0 Å². The molecule has 0 aliphatic rings. The molecule has 90 valence electrons. The number of aromatic nitrogens is 2. The first-order chi connectivity index (χ1) is 8.18. The zero-order valence-corrected chi connectivity index (χ0v) is 9.36. The van der Waals surface area contributed by atoms with Gasteiger partial charge in [-0.25, -0.2) is 4.63 Å². The van der Waals surface area contributed by atoms with E-state index in [0.29, 0.717) is 29.8 Å². The summed E-state index contributed by atoms with van der Waals surface area (Å²) < 4.78 is 4.64. The zero-order valence-electron chi connectivity index (χ0n) is 9.36. The van der Waals surface area contributed by atoms with Gasteiger partial charge < -0.3 is 16.4 Å². The molecule has 2 aromatic rings. The SMILES string of the molecule is CC(=O)NCCNc1ccc(N)c2nonc12. The van der Waals surface area contributed by atoms with Crippen LogP contribution in [0, 0.1) is 0 Å². The summed E-state index contributed by atoms with van der Waals surface area (Å²) >= 11 is 0. The Morgan fingerprint density at radius 2 is 2.12 bits per heavy atom. The number of nitrogens with one attached hydrogen (secondary N) is 2. The fourth-order valence-electron chi connectivity index (χ4n) is 1.46. The minimum Gasteiger partial charge on any atom is -0.397 e. The molecule has 0 bridgehead atoms. The second-order valence-electron chi connectivity index (χ2n) is 3.57. The highest BCUT2D eigenvalue weighted by Gasteiger charge is 2.09. The number of anilines is 2. The molecule has 7 nitrogen and oxygen atoms in total. The molecule has 0 fully saturated rings. The summed E-state index contributed by atoms with van der Waals surface area (Å²) in [6.07, 6.45) is 0. The van der Waals surface area contributed by atoms with E-state index in [2.05, 4.69) is 25.6 Å². The smallest absolute Gasteiger partial charge is 0.216 e. The largest absolute Gasteiger partial charge is 0.397 e. The molecule has 1 heterocycles. The lowest BCUT2D eigenvalue weighted by Gasteiger charge is -2.07. The van der Waals surface area contributed by atoms with Gasteiger partial charge in [-0.3, -0.25) is 4.79 Å². The summed E-state index contributed by atoms with van der Waals surface area (Å²) in [5, 5.41) is 13.3. The van der Waals surface area contributed by atoms with Crippen molar-refractivity contribution >= 4 is 28.3 Å². The minimum absolute atomic E-state index is 0.0580. The molecule has 2 rings (SSSR count). The van der Waals surface area contributed by atoms with Gasteiger partial charge in [0.05, 0.1) is 11.4 Å². The Kier molecular flexibility index (Phi) is 3.08. The predicted octanol–water partition coefficient (Wildman–Crippen LogP) is 0.353. The summed E-state index contributed by atoms with van der Waals surface area (Å²) in [5.41, 5.74) is 8.14. The maximum atomic E-state index is 10.7. The third kappa shape index (κ3) is 2.44. The van der Waals surface area contributed by atoms with E-state index < -0.39 is 0 Å². The summed E-state index contributed by atoms with van der Waals surface area (Å²) in [4.78, 5) is 10.7. The van der Waals surface area contributed by atoms with Crippen molar-refractivity contribution in [2.24, 2.45) is 0 Å². The lowest BCUT2D eigenvalue weighted by Crippen LogP contribution is -2.26. The van der Waals surface area contributed by atoms with Gasteiger partial charge in [0, 0.05) is 20.0 Å². The lowest BCUT2D eigenvalue weighted by molar-refractivity contribution is -0.118. The average Bonchev–Trinajstić information content (AvgIpc) is 2.76. The van der Waals surface area contributed by atoms with Crippen LogP contribution in [0.3, 0.4) is 0 Å². The van der Waals surface area contributed by atoms with Crippen LogP contribution in [-0.2, 0) is 4.79 Å². The van der Waals surface area contributed by atoms with Gasteiger partial charge in [-0.15, -0.1) is 0 Å². The van der Waals surface area contributed by atoms with Gasteiger partial charge in [0.2, 0.25) is 5.91 Å². The Morgan fingerprint density at radius 3 is 2.88 bits per heavy atom. The fraction of sp³-hybridized carbons (Fsp3) is 0.300.